The smallest absolute Gasteiger partial charge is 0.0970 e. The summed E-state index contributed by atoms with van der Waals surface area (Å²) in [5, 5.41) is 5.83. The maximum absolute atomic E-state index is 5.43. The highest BCUT2D eigenvalue weighted by Crippen LogP contribution is 2.41. The van der Waals surface area contributed by atoms with E-state index >= 15 is 0 Å². The third-order valence-corrected chi connectivity index (χ3v) is 11.8. The summed E-state index contributed by atoms with van der Waals surface area (Å²) in [5.41, 5.74) is 15.2. The van der Waals surface area contributed by atoms with Crippen molar-refractivity contribution in [1.29, 1.82) is 0 Å². The van der Waals surface area contributed by atoms with Gasteiger partial charge in [-0.3, -0.25) is 15.0 Å². The van der Waals surface area contributed by atoms with Crippen molar-refractivity contribution in [3.63, 3.8) is 0 Å². The highest BCUT2D eigenvalue weighted by Gasteiger charge is 2.20. The van der Waals surface area contributed by atoms with Crippen LogP contribution in [0.3, 0.4) is 0 Å². The highest BCUT2D eigenvalue weighted by molar-refractivity contribution is 6.15. The topological polar surface area (TPSA) is 37.6 Å². The molecule has 0 saturated carbocycles. The normalized spacial score (nSPS) is 15.9. The first-order chi connectivity index (χ1) is 29.4. The average Bonchev–Trinajstić information content (AvgIpc) is 3.30. The molecule has 1 unspecified atom stereocenters. The van der Waals surface area contributed by atoms with E-state index in [0.29, 0.717) is 0 Å². The predicted octanol–water partition coefficient (Wildman–Crippen LogP) is 15.9. The van der Waals surface area contributed by atoms with Gasteiger partial charge in [0.1, 0.15) is 0 Å². The van der Waals surface area contributed by atoms with Gasteiger partial charge < -0.3 is 0 Å². The monoisotopic (exact) mass is 777 g/mol. The maximum atomic E-state index is 5.43. The number of aromatic nitrogens is 1. The van der Waals surface area contributed by atoms with Gasteiger partial charge in [0.05, 0.1) is 22.6 Å². The van der Waals surface area contributed by atoms with Crippen LogP contribution in [0.4, 0.5) is 11.4 Å². The molecule has 1 heterocycles. The van der Waals surface area contributed by atoms with Crippen molar-refractivity contribution in [2.24, 2.45) is 15.9 Å². The van der Waals surface area contributed by atoms with Gasteiger partial charge in [-0.05, 0) is 131 Å². The van der Waals surface area contributed by atoms with Crippen LogP contribution in [-0.4, -0.2) is 17.4 Å². The maximum Gasteiger partial charge on any atom is 0.0970 e. The molecule has 60 heavy (non-hydrogen) atoms. The molecule has 2 aliphatic carbocycles. The van der Waals surface area contributed by atoms with Crippen molar-refractivity contribution >= 4 is 67.9 Å². The molecule has 0 spiro atoms. The summed E-state index contributed by atoms with van der Waals surface area (Å²) in [4.78, 5) is 14.5. The molecule has 3 heteroatoms. The summed E-state index contributed by atoms with van der Waals surface area (Å²) in [7, 11) is 0. The molecule has 1 aromatic heterocycles. The predicted molar refractivity (Wildman–Crippen MR) is 262 cm³/mol. The number of rotatable bonds is 13. The minimum absolute atomic E-state index is 0.0896. The summed E-state index contributed by atoms with van der Waals surface area (Å²) in [6, 6.07) is 32.4. The number of pyridine rings is 1. The standard InChI is InChI=1S/C57H51N3/c1-7-10-18-39(5)55(60-54-37-45-20-12-14-22-48(45)49-23-15-16-24-50(49)54)44-32-29-42(30-33-44)40(8-2)28-31-43-19-11-13-21-47(43)52-36-46(27-26-38(52)4)53-35-41(9-3)56(58-6)57-51(53)25-17-34-59-57/h8-10,12-18,20-30,32,34-37,44H,2-3,5-7,11,19,31,33H2,1,4H3/b18-10-,40-28+,60-55?. The molecule has 0 bridgehead atoms. The van der Waals surface area contributed by atoms with E-state index in [9.17, 15) is 0 Å². The van der Waals surface area contributed by atoms with Gasteiger partial charge in [0.25, 0.3) is 0 Å². The molecule has 0 aliphatic heterocycles. The Balaban J connectivity index is 1.10. The lowest BCUT2D eigenvalue weighted by Gasteiger charge is -2.21. The zero-order chi connectivity index (χ0) is 41.6. The lowest BCUT2D eigenvalue weighted by atomic mass is 9.85. The second-order valence-electron chi connectivity index (χ2n) is 15.5. The molecule has 0 radical (unpaired) electrons. The number of aliphatic imine (C=N–C) groups is 2. The third kappa shape index (κ3) is 7.92. The first-order valence-corrected chi connectivity index (χ1v) is 21.0. The van der Waals surface area contributed by atoms with Crippen molar-refractivity contribution in [3.05, 3.63) is 211 Å². The summed E-state index contributed by atoms with van der Waals surface area (Å²) >= 11 is 0. The Morgan fingerprint density at radius 2 is 1.68 bits per heavy atom. The Morgan fingerprint density at radius 3 is 2.45 bits per heavy atom. The van der Waals surface area contributed by atoms with Crippen molar-refractivity contribution in [3.8, 4) is 11.1 Å². The van der Waals surface area contributed by atoms with Gasteiger partial charge >= 0.3 is 0 Å². The summed E-state index contributed by atoms with van der Waals surface area (Å²) in [6.07, 6.45) is 28.4. The molecule has 5 aromatic carbocycles. The van der Waals surface area contributed by atoms with Gasteiger partial charge in [-0.2, -0.15) is 0 Å². The van der Waals surface area contributed by atoms with E-state index in [4.69, 9.17) is 9.98 Å². The van der Waals surface area contributed by atoms with Crippen LogP contribution in [0.15, 0.2) is 204 Å². The Hall–Kier alpha value is -6.97. The molecule has 6 aromatic rings. The van der Waals surface area contributed by atoms with Crippen LogP contribution in [-0.2, 0) is 0 Å². The number of benzene rings is 5. The van der Waals surface area contributed by atoms with Gasteiger partial charge in [-0.1, -0.05) is 160 Å². The van der Waals surface area contributed by atoms with Crippen LogP contribution in [0.5, 0.6) is 0 Å². The van der Waals surface area contributed by atoms with Crippen molar-refractivity contribution in [2.75, 3.05) is 0 Å². The summed E-state index contributed by atoms with van der Waals surface area (Å²) in [6.45, 7) is 21.0. The van der Waals surface area contributed by atoms with Crippen LogP contribution in [0.2, 0.25) is 0 Å². The quantitative estimate of drug-likeness (QED) is 0.0654. The van der Waals surface area contributed by atoms with E-state index in [1.165, 1.54) is 44.0 Å². The summed E-state index contributed by atoms with van der Waals surface area (Å²) in [5.74, 6) is 0.0896. The van der Waals surface area contributed by atoms with Gasteiger partial charge in [0.15, 0.2) is 0 Å². The zero-order valence-electron chi connectivity index (χ0n) is 34.8. The first-order valence-electron chi connectivity index (χ1n) is 21.0. The van der Waals surface area contributed by atoms with Gasteiger partial charge in [0, 0.05) is 28.5 Å². The number of fused-ring (bicyclic) bond motifs is 4. The first kappa shape index (κ1) is 39.8. The fraction of sp³-hybridized carbons (Fsp3) is 0.140. The largest absolute Gasteiger partial charge is 0.262 e. The van der Waals surface area contributed by atoms with Gasteiger partial charge in [-0.15, -0.1) is 0 Å². The minimum atomic E-state index is 0.0896. The fourth-order valence-corrected chi connectivity index (χ4v) is 8.68. The minimum Gasteiger partial charge on any atom is -0.262 e. The van der Waals surface area contributed by atoms with E-state index in [0.717, 1.165) is 93.3 Å². The van der Waals surface area contributed by atoms with Gasteiger partial charge in [-0.25, -0.2) is 0 Å². The van der Waals surface area contributed by atoms with Crippen molar-refractivity contribution in [2.45, 2.75) is 46.0 Å². The summed E-state index contributed by atoms with van der Waals surface area (Å²) < 4.78 is 0. The second-order valence-corrected chi connectivity index (χ2v) is 15.5. The number of hydrogen-bond donors (Lipinski definition) is 0. The molecule has 0 amide bonds. The number of hydrogen-bond acceptors (Lipinski definition) is 3. The lowest BCUT2D eigenvalue weighted by Crippen LogP contribution is -2.15. The zero-order valence-corrected chi connectivity index (χ0v) is 34.8. The molecular formula is C57H51N3. The fourth-order valence-electron chi connectivity index (χ4n) is 8.68. The Kier molecular flexibility index (Phi) is 11.9. The van der Waals surface area contributed by atoms with Crippen LogP contribution >= 0.6 is 0 Å². The molecule has 1 atom stereocenters. The van der Waals surface area contributed by atoms with E-state index < -0.39 is 0 Å². The van der Waals surface area contributed by atoms with Crippen molar-refractivity contribution < 1.29 is 0 Å². The van der Waals surface area contributed by atoms with E-state index in [1.807, 2.05) is 24.4 Å². The second kappa shape index (κ2) is 17.9. The molecule has 2 aliphatic rings. The SMILES string of the molecule is C=C/C(=C\CC1=C(c2cc(-c3cc(C=C)c(N=C)c4ncccc34)ccc2C)C=CCC1)C1=CCC(C(=Nc2cc3ccccc3c3ccccc23)C(=C)/C=C\CC)C=C1. The lowest BCUT2D eigenvalue weighted by molar-refractivity contribution is 0.861. The molecule has 3 nitrogen and oxygen atoms in total. The van der Waals surface area contributed by atoms with E-state index in [-0.39, 0.29) is 5.92 Å². The number of aryl methyl sites for hydroxylation is 1. The average molecular weight is 778 g/mol. The Bertz CT molecular complexity index is 2940. The van der Waals surface area contributed by atoms with E-state index in [2.05, 4.69) is 179 Å². The van der Waals surface area contributed by atoms with Crippen LogP contribution in [0.1, 0.15) is 55.7 Å². The highest BCUT2D eigenvalue weighted by atomic mass is 14.8. The van der Waals surface area contributed by atoms with Crippen LogP contribution in [0, 0.1) is 12.8 Å². The van der Waals surface area contributed by atoms with Crippen LogP contribution < -0.4 is 0 Å². The van der Waals surface area contributed by atoms with Gasteiger partial charge in [0.2, 0.25) is 0 Å². The van der Waals surface area contributed by atoms with E-state index in [1.54, 1.807) is 0 Å². The van der Waals surface area contributed by atoms with Crippen molar-refractivity contribution in [1.82, 2.24) is 4.98 Å². The van der Waals surface area contributed by atoms with Crippen LogP contribution in [0.25, 0.3) is 55.2 Å². The Labute approximate surface area is 355 Å². The number of nitrogens with zero attached hydrogens (tertiary/aromatic N) is 3. The molecule has 8 rings (SSSR count). The molecule has 0 fully saturated rings. The molecule has 294 valence electrons. The number of allylic oxidation sites excluding steroid dienone is 14. The molecular weight excluding hydrogens is 727 g/mol. The third-order valence-electron chi connectivity index (χ3n) is 11.8. The Morgan fingerprint density at radius 1 is 0.883 bits per heavy atom. The molecule has 0 N–H and O–H groups in total. The molecule has 0 saturated heterocycles.